The molecule has 0 amide bonds. The van der Waals surface area contributed by atoms with Gasteiger partial charge >= 0.3 is 5.00 Å². The predicted octanol–water partition coefficient (Wildman–Crippen LogP) is 5.79. The number of thiazole rings is 1. The Hall–Kier alpha value is -3.56. The zero-order valence-corrected chi connectivity index (χ0v) is 17.3. The number of hydrogen-bond acceptors (Lipinski definition) is 7. The zero-order chi connectivity index (χ0) is 20.7. The first-order valence-electron chi connectivity index (χ1n) is 8.95. The van der Waals surface area contributed by atoms with E-state index in [1.807, 2.05) is 47.0 Å². The monoisotopic (exact) mass is 434 g/mol. The third-order valence-corrected chi connectivity index (χ3v) is 6.78. The normalized spacial score (nSPS) is 11.1. The van der Waals surface area contributed by atoms with Crippen LogP contribution in [0.1, 0.15) is 0 Å². The number of thiophene rings is 1. The van der Waals surface area contributed by atoms with Gasteiger partial charge in [0.2, 0.25) is 0 Å². The minimum atomic E-state index is -0.378. The summed E-state index contributed by atoms with van der Waals surface area (Å²) in [4.78, 5) is 20.4. The van der Waals surface area contributed by atoms with E-state index in [1.165, 1.54) is 6.07 Å². The third kappa shape index (κ3) is 3.23. The molecule has 30 heavy (non-hydrogen) atoms. The molecule has 9 heteroatoms. The molecular weight excluding hydrogens is 420 g/mol. The molecule has 0 aliphatic carbocycles. The standard InChI is InChI=1S/C21H14N4O3S2/c1-28-15-6-7-16-19(10-15)30-21(23-16)13-2-4-14(5-3-13)24-12-22-11-17(24)18-8-9-20(29-18)25(26)27/h2-12H,1H3. The quantitative estimate of drug-likeness (QED) is 0.258. The molecule has 0 bridgehead atoms. The summed E-state index contributed by atoms with van der Waals surface area (Å²) < 4.78 is 8.28. The van der Waals surface area contributed by atoms with Crippen molar-refractivity contribution in [2.45, 2.75) is 0 Å². The van der Waals surface area contributed by atoms with Crippen molar-refractivity contribution in [1.82, 2.24) is 14.5 Å². The average Bonchev–Trinajstić information content (AvgIpc) is 3.51. The second-order valence-electron chi connectivity index (χ2n) is 6.44. The highest BCUT2D eigenvalue weighted by Gasteiger charge is 2.15. The summed E-state index contributed by atoms with van der Waals surface area (Å²) in [6.45, 7) is 0. The van der Waals surface area contributed by atoms with E-state index in [4.69, 9.17) is 9.72 Å². The Morgan fingerprint density at radius 2 is 1.90 bits per heavy atom. The molecule has 7 nitrogen and oxygen atoms in total. The van der Waals surface area contributed by atoms with Crippen molar-refractivity contribution >= 4 is 37.9 Å². The zero-order valence-electron chi connectivity index (χ0n) is 15.7. The van der Waals surface area contributed by atoms with E-state index in [2.05, 4.69) is 4.98 Å². The average molecular weight is 435 g/mol. The van der Waals surface area contributed by atoms with Crippen molar-refractivity contribution < 1.29 is 9.66 Å². The van der Waals surface area contributed by atoms with Crippen LogP contribution in [0.25, 0.3) is 37.0 Å². The van der Waals surface area contributed by atoms with Crippen LogP contribution in [0.3, 0.4) is 0 Å². The van der Waals surface area contributed by atoms with E-state index in [0.29, 0.717) is 0 Å². The van der Waals surface area contributed by atoms with E-state index in [9.17, 15) is 10.1 Å². The molecule has 3 heterocycles. The van der Waals surface area contributed by atoms with Gasteiger partial charge in [0, 0.05) is 17.3 Å². The first kappa shape index (κ1) is 18.5. The van der Waals surface area contributed by atoms with Crippen molar-refractivity contribution in [2.75, 3.05) is 7.11 Å². The van der Waals surface area contributed by atoms with Gasteiger partial charge in [-0.3, -0.25) is 14.7 Å². The first-order valence-corrected chi connectivity index (χ1v) is 10.6. The van der Waals surface area contributed by atoms with Gasteiger partial charge in [-0.05, 0) is 48.5 Å². The second-order valence-corrected chi connectivity index (χ2v) is 8.54. The topological polar surface area (TPSA) is 83.1 Å². The molecule has 0 radical (unpaired) electrons. The van der Waals surface area contributed by atoms with Gasteiger partial charge in [0.15, 0.2) is 0 Å². The van der Waals surface area contributed by atoms with Gasteiger partial charge in [0.05, 0.1) is 45.3 Å². The van der Waals surface area contributed by atoms with E-state index in [0.717, 1.165) is 54.1 Å². The van der Waals surface area contributed by atoms with Crippen LogP contribution in [0.15, 0.2) is 67.1 Å². The molecular formula is C21H14N4O3S2. The van der Waals surface area contributed by atoms with Crippen LogP contribution in [-0.4, -0.2) is 26.6 Å². The summed E-state index contributed by atoms with van der Waals surface area (Å²) in [5.74, 6) is 0.814. The second kappa shape index (κ2) is 7.36. The molecule has 3 aromatic heterocycles. The van der Waals surface area contributed by atoms with Gasteiger partial charge in [-0.25, -0.2) is 9.97 Å². The van der Waals surface area contributed by atoms with E-state index < -0.39 is 0 Å². The largest absolute Gasteiger partial charge is 0.497 e. The molecule has 0 atom stereocenters. The molecule has 0 unspecified atom stereocenters. The number of imidazole rings is 1. The Balaban J connectivity index is 1.47. The lowest BCUT2D eigenvalue weighted by Crippen LogP contribution is -1.94. The number of fused-ring (bicyclic) bond motifs is 1. The summed E-state index contributed by atoms with van der Waals surface area (Å²) in [6.07, 6.45) is 3.42. The molecule has 0 spiro atoms. The fraction of sp³-hybridized carbons (Fsp3) is 0.0476. The molecule has 0 saturated heterocycles. The SMILES string of the molecule is COc1ccc2nc(-c3ccc(-n4cncc4-c4ccc([N+](=O)[O-])s4)cc3)sc2c1. The highest BCUT2D eigenvalue weighted by Crippen LogP contribution is 2.35. The van der Waals surface area contributed by atoms with Crippen molar-refractivity contribution in [3.63, 3.8) is 0 Å². The molecule has 0 saturated carbocycles. The maximum Gasteiger partial charge on any atom is 0.324 e. The number of methoxy groups -OCH3 is 1. The van der Waals surface area contributed by atoms with Crippen molar-refractivity contribution in [1.29, 1.82) is 0 Å². The molecule has 5 aromatic rings. The van der Waals surface area contributed by atoms with Crippen LogP contribution in [0.4, 0.5) is 5.00 Å². The number of ether oxygens (including phenoxy) is 1. The van der Waals surface area contributed by atoms with Crippen LogP contribution in [0.5, 0.6) is 5.75 Å². The van der Waals surface area contributed by atoms with Crippen LogP contribution in [-0.2, 0) is 0 Å². The lowest BCUT2D eigenvalue weighted by atomic mass is 10.2. The fourth-order valence-electron chi connectivity index (χ4n) is 3.17. The number of aromatic nitrogens is 3. The molecule has 0 fully saturated rings. The van der Waals surface area contributed by atoms with Crippen LogP contribution >= 0.6 is 22.7 Å². The van der Waals surface area contributed by atoms with Gasteiger partial charge in [-0.15, -0.1) is 11.3 Å². The minimum Gasteiger partial charge on any atom is -0.497 e. The summed E-state index contributed by atoms with van der Waals surface area (Å²) in [6, 6.07) is 17.1. The Morgan fingerprint density at radius 1 is 1.07 bits per heavy atom. The number of benzene rings is 2. The minimum absolute atomic E-state index is 0.112. The van der Waals surface area contributed by atoms with Crippen LogP contribution in [0.2, 0.25) is 0 Å². The maximum atomic E-state index is 11.0. The Kier molecular flexibility index (Phi) is 4.53. The fourth-order valence-corrected chi connectivity index (χ4v) is 4.99. The molecule has 5 rings (SSSR count). The predicted molar refractivity (Wildman–Crippen MR) is 119 cm³/mol. The third-order valence-electron chi connectivity index (χ3n) is 4.65. The summed E-state index contributed by atoms with van der Waals surface area (Å²) >= 11 is 2.75. The Morgan fingerprint density at radius 3 is 2.63 bits per heavy atom. The van der Waals surface area contributed by atoms with E-state index >= 15 is 0 Å². The number of nitrogens with zero attached hydrogens (tertiary/aromatic N) is 4. The molecule has 2 aromatic carbocycles. The highest BCUT2D eigenvalue weighted by molar-refractivity contribution is 7.21. The maximum absolute atomic E-state index is 11.0. The summed E-state index contributed by atoms with van der Waals surface area (Å²) in [5.41, 5.74) is 3.70. The van der Waals surface area contributed by atoms with Gasteiger partial charge in [0.25, 0.3) is 0 Å². The number of rotatable bonds is 5. The van der Waals surface area contributed by atoms with Gasteiger partial charge in [0.1, 0.15) is 10.8 Å². The van der Waals surface area contributed by atoms with Gasteiger partial charge in [-0.2, -0.15) is 0 Å². The summed E-state index contributed by atoms with van der Waals surface area (Å²) in [7, 11) is 1.65. The highest BCUT2D eigenvalue weighted by atomic mass is 32.1. The lowest BCUT2D eigenvalue weighted by Gasteiger charge is -2.07. The van der Waals surface area contributed by atoms with E-state index in [-0.39, 0.29) is 9.92 Å². The first-order chi connectivity index (χ1) is 14.6. The van der Waals surface area contributed by atoms with Crippen molar-refractivity contribution in [3.05, 3.63) is 77.2 Å². The Labute approximate surface area is 179 Å². The number of nitro groups is 1. The van der Waals surface area contributed by atoms with Crippen LogP contribution in [0, 0.1) is 10.1 Å². The van der Waals surface area contributed by atoms with Gasteiger partial charge < -0.3 is 4.74 Å². The van der Waals surface area contributed by atoms with Gasteiger partial charge in [-0.1, -0.05) is 11.3 Å². The van der Waals surface area contributed by atoms with Crippen molar-refractivity contribution in [2.24, 2.45) is 0 Å². The molecule has 148 valence electrons. The smallest absolute Gasteiger partial charge is 0.324 e. The molecule has 0 aliphatic heterocycles. The van der Waals surface area contributed by atoms with Crippen molar-refractivity contribution in [3.8, 4) is 32.6 Å². The van der Waals surface area contributed by atoms with E-state index in [1.54, 1.807) is 37.0 Å². The summed E-state index contributed by atoms with van der Waals surface area (Å²) in [5, 5.41) is 12.0. The molecule has 0 aliphatic rings. The van der Waals surface area contributed by atoms with Crippen LogP contribution < -0.4 is 4.74 Å². The molecule has 0 N–H and O–H groups in total. The Bertz CT molecular complexity index is 1370. The lowest BCUT2D eigenvalue weighted by molar-refractivity contribution is -0.380. The number of hydrogen-bond donors (Lipinski definition) is 0.